The van der Waals surface area contributed by atoms with Crippen LogP contribution in [-0.2, 0) is 11.3 Å². The van der Waals surface area contributed by atoms with Crippen molar-refractivity contribution in [3.8, 4) is 0 Å². The highest BCUT2D eigenvalue weighted by atomic mass is 35.5. The van der Waals surface area contributed by atoms with Gasteiger partial charge in [-0.05, 0) is 18.6 Å². The minimum atomic E-state index is -0.235. The van der Waals surface area contributed by atoms with Crippen LogP contribution in [0.2, 0.25) is 0 Å². The van der Waals surface area contributed by atoms with Crippen molar-refractivity contribution in [2.45, 2.75) is 32.4 Å². The third-order valence-electron chi connectivity index (χ3n) is 3.22. The summed E-state index contributed by atoms with van der Waals surface area (Å²) < 4.78 is 20.9. The van der Waals surface area contributed by atoms with Gasteiger partial charge in [-0.3, -0.25) is 4.68 Å². The van der Waals surface area contributed by atoms with E-state index in [1.165, 1.54) is 12.1 Å². The third kappa shape index (κ3) is 2.10. The summed E-state index contributed by atoms with van der Waals surface area (Å²) in [5, 5.41) is 5.46. The minimum absolute atomic E-state index is 0. The number of aromatic nitrogens is 2. The van der Waals surface area contributed by atoms with Crippen LogP contribution >= 0.6 is 0 Å². The molecule has 1 aliphatic heterocycles. The number of ether oxygens (including phenoxy) is 1. The zero-order valence-corrected chi connectivity index (χ0v) is 11.0. The normalized spacial score (nSPS) is 18.4. The molecule has 0 saturated carbocycles. The molecule has 0 fully saturated rings. The highest BCUT2D eigenvalue weighted by molar-refractivity contribution is 5.82. The molecule has 0 N–H and O–H groups in total. The molecule has 3 rings (SSSR count). The summed E-state index contributed by atoms with van der Waals surface area (Å²) in [7, 11) is 0. The Bertz CT molecular complexity index is 555. The number of nitrogens with zero attached hydrogens (tertiary/aromatic N) is 2. The molecule has 0 saturated heterocycles. The second-order valence-corrected chi connectivity index (χ2v) is 4.42. The molecule has 1 aromatic heterocycles. The van der Waals surface area contributed by atoms with Gasteiger partial charge in [0.25, 0.3) is 0 Å². The average molecular weight is 270 g/mol. The van der Waals surface area contributed by atoms with Gasteiger partial charge in [0.1, 0.15) is 5.82 Å². The van der Waals surface area contributed by atoms with Gasteiger partial charge < -0.3 is 17.1 Å². The van der Waals surface area contributed by atoms with Crippen LogP contribution in [0.3, 0.4) is 0 Å². The monoisotopic (exact) mass is 269 g/mol. The number of benzene rings is 1. The Labute approximate surface area is 111 Å². The van der Waals surface area contributed by atoms with Crippen molar-refractivity contribution in [2.75, 3.05) is 6.61 Å². The lowest BCUT2D eigenvalue weighted by Gasteiger charge is -2.24. The van der Waals surface area contributed by atoms with Crippen LogP contribution in [0.4, 0.5) is 4.39 Å². The van der Waals surface area contributed by atoms with Crippen LogP contribution < -0.4 is 12.4 Å². The molecule has 0 aliphatic carbocycles. The Morgan fingerprint density at radius 3 is 3.11 bits per heavy atom. The van der Waals surface area contributed by atoms with Gasteiger partial charge in [-0.2, -0.15) is 5.10 Å². The number of halogens is 2. The Balaban J connectivity index is 0.00000120. The first kappa shape index (κ1) is 13.3. The largest absolute Gasteiger partial charge is 1.00 e. The Morgan fingerprint density at radius 2 is 2.33 bits per heavy atom. The van der Waals surface area contributed by atoms with Crippen LogP contribution in [0.25, 0.3) is 10.9 Å². The van der Waals surface area contributed by atoms with E-state index in [0.717, 1.165) is 36.0 Å². The zero-order valence-electron chi connectivity index (χ0n) is 10.2. The summed E-state index contributed by atoms with van der Waals surface area (Å²) >= 11 is 0. The van der Waals surface area contributed by atoms with E-state index in [4.69, 9.17) is 4.74 Å². The summed E-state index contributed by atoms with van der Waals surface area (Å²) in [4.78, 5) is 0. The maximum atomic E-state index is 13.2. The van der Waals surface area contributed by atoms with E-state index in [9.17, 15) is 4.39 Å². The molecule has 18 heavy (non-hydrogen) atoms. The van der Waals surface area contributed by atoms with Gasteiger partial charge in [0.15, 0.2) is 0 Å². The summed E-state index contributed by atoms with van der Waals surface area (Å²) in [6.07, 6.45) is 2.15. The molecule has 1 atom stereocenters. The summed E-state index contributed by atoms with van der Waals surface area (Å²) in [6.45, 7) is 3.58. The number of hydrogen-bond acceptors (Lipinski definition) is 2. The van der Waals surface area contributed by atoms with Gasteiger partial charge in [-0.15, -0.1) is 0 Å². The second kappa shape index (κ2) is 5.24. The van der Waals surface area contributed by atoms with E-state index in [-0.39, 0.29) is 24.3 Å². The van der Waals surface area contributed by atoms with Gasteiger partial charge in [-0.25, -0.2) is 4.39 Å². The van der Waals surface area contributed by atoms with Crippen LogP contribution in [0, 0.1) is 5.82 Å². The van der Waals surface area contributed by atoms with Crippen molar-refractivity contribution in [2.24, 2.45) is 0 Å². The van der Waals surface area contributed by atoms with Gasteiger partial charge in [0.2, 0.25) is 0 Å². The number of rotatable bonds is 2. The SMILES string of the molecule is CCCC1OCCn2nc3cc(F)ccc3c21.[Cl-]. The molecule has 2 aromatic rings. The second-order valence-electron chi connectivity index (χ2n) is 4.42. The lowest BCUT2D eigenvalue weighted by Crippen LogP contribution is -3.00. The lowest BCUT2D eigenvalue weighted by molar-refractivity contribution is -0.0000136. The number of hydrogen-bond donors (Lipinski definition) is 0. The fourth-order valence-corrected chi connectivity index (χ4v) is 2.48. The number of fused-ring (bicyclic) bond motifs is 3. The molecular weight excluding hydrogens is 255 g/mol. The summed E-state index contributed by atoms with van der Waals surface area (Å²) in [5.41, 5.74) is 1.83. The maximum Gasteiger partial charge on any atom is 0.125 e. The van der Waals surface area contributed by atoms with E-state index in [0.29, 0.717) is 6.61 Å². The van der Waals surface area contributed by atoms with Crippen molar-refractivity contribution in [3.05, 3.63) is 29.7 Å². The fourth-order valence-electron chi connectivity index (χ4n) is 2.48. The molecule has 2 heterocycles. The molecule has 5 heteroatoms. The molecule has 0 radical (unpaired) electrons. The van der Waals surface area contributed by atoms with Crippen molar-refractivity contribution in [1.82, 2.24) is 9.78 Å². The molecule has 0 amide bonds. The molecule has 1 unspecified atom stereocenters. The van der Waals surface area contributed by atoms with Crippen LogP contribution in [-0.4, -0.2) is 16.4 Å². The third-order valence-corrected chi connectivity index (χ3v) is 3.22. The molecule has 0 bridgehead atoms. The lowest BCUT2D eigenvalue weighted by atomic mass is 10.1. The highest BCUT2D eigenvalue weighted by Gasteiger charge is 2.24. The molecule has 0 spiro atoms. The van der Waals surface area contributed by atoms with E-state index in [1.54, 1.807) is 6.07 Å². The maximum absolute atomic E-state index is 13.2. The topological polar surface area (TPSA) is 27.1 Å². The minimum Gasteiger partial charge on any atom is -1.00 e. The standard InChI is InChI=1S/C13H15FN2O.ClH/c1-2-3-12-13-10-5-4-9(14)8-11(10)15-16(13)6-7-17-12;/h4-5,8,12H,2-3,6-7H2,1H3;1H/p-1. The van der Waals surface area contributed by atoms with E-state index < -0.39 is 0 Å². The van der Waals surface area contributed by atoms with Crippen molar-refractivity contribution >= 4 is 10.9 Å². The Morgan fingerprint density at radius 1 is 1.50 bits per heavy atom. The smallest absolute Gasteiger partial charge is 0.125 e. The van der Waals surface area contributed by atoms with Gasteiger partial charge >= 0.3 is 0 Å². The molecule has 3 nitrogen and oxygen atoms in total. The van der Waals surface area contributed by atoms with Crippen molar-refractivity contribution in [1.29, 1.82) is 0 Å². The van der Waals surface area contributed by atoms with Crippen LogP contribution in [0.1, 0.15) is 31.6 Å². The van der Waals surface area contributed by atoms with E-state index in [1.807, 2.05) is 4.68 Å². The molecular formula is C13H15ClFN2O-. The van der Waals surface area contributed by atoms with Crippen molar-refractivity contribution in [3.63, 3.8) is 0 Å². The molecule has 98 valence electrons. The molecule has 1 aliphatic rings. The summed E-state index contributed by atoms with van der Waals surface area (Å²) in [5.74, 6) is -0.235. The predicted octanol–water partition coefficient (Wildman–Crippen LogP) is 0.0508. The van der Waals surface area contributed by atoms with Crippen LogP contribution in [0.5, 0.6) is 0 Å². The van der Waals surface area contributed by atoms with Gasteiger partial charge in [0, 0.05) is 11.5 Å². The fraction of sp³-hybridized carbons (Fsp3) is 0.462. The zero-order chi connectivity index (χ0) is 11.8. The Kier molecular flexibility index (Phi) is 3.88. The van der Waals surface area contributed by atoms with Gasteiger partial charge in [-0.1, -0.05) is 13.3 Å². The molecule has 1 aromatic carbocycles. The predicted molar refractivity (Wildman–Crippen MR) is 63.3 cm³/mol. The van der Waals surface area contributed by atoms with E-state index >= 15 is 0 Å². The van der Waals surface area contributed by atoms with Crippen LogP contribution in [0.15, 0.2) is 18.2 Å². The Hall–Kier alpha value is -1.13. The highest BCUT2D eigenvalue weighted by Crippen LogP contribution is 2.32. The average Bonchev–Trinajstić information content (AvgIpc) is 2.67. The quantitative estimate of drug-likeness (QED) is 0.771. The first-order chi connectivity index (χ1) is 8.29. The van der Waals surface area contributed by atoms with Crippen molar-refractivity contribution < 1.29 is 21.5 Å². The van der Waals surface area contributed by atoms with E-state index in [2.05, 4.69) is 12.0 Å². The first-order valence-electron chi connectivity index (χ1n) is 6.07. The summed E-state index contributed by atoms with van der Waals surface area (Å²) in [6, 6.07) is 4.78. The van der Waals surface area contributed by atoms with Gasteiger partial charge in [0.05, 0.1) is 30.5 Å². The first-order valence-corrected chi connectivity index (χ1v) is 6.07.